The first-order valence-electron chi connectivity index (χ1n) is 8.50. The number of benzene rings is 2. The van der Waals surface area contributed by atoms with E-state index < -0.39 is 6.10 Å². The normalized spacial score (nSPS) is 15.9. The second-order valence-corrected chi connectivity index (χ2v) is 6.03. The number of amides is 2. The molecule has 5 heteroatoms. The van der Waals surface area contributed by atoms with E-state index in [4.69, 9.17) is 4.74 Å². The zero-order valence-electron chi connectivity index (χ0n) is 14.3. The Labute approximate surface area is 147 Å². The standard InChI is InChI=1S/C20H22N2O3/c1-21-20(24)18-14-22(16-11-5-6-12-17(16)25-18)19(23)13-7-10-15-8-3-2-4-9-15/h2-6,8-9,11-12,18H,7,10,13-14H2,1H3,(H,21,24)/t18-/m0/s1. The maximum Gasteiger partial charge on any atom is 0.262 e. The summed E-state index contributed by atoms with van der Waals surface area (Å²) in [5, 5.41) is 2.59. The number of aryl methyl sites for hydroxylation is 1. The van der Waals surface area contributed by atoms with Gasteiger partial charge in [0.15, 0.2) is 6.10 Å². The number of anilines is 1. The van der Waals surface area contributed by atoms with Crippen LogP contribution >= 0.6 is 0 Å². The van der Waals surface area contributed by atoms with Crippen LogP contribution in [0.5, 0.6) is 5.75 Å². The van der Waals surface area contributed by atoms with Crippen molar-refractivity contribution in [2.75, 3.05) is 18.5 Å². The largest absolute Gasteiger partial charge is 0.477 e. The third-order valence-corrected chi connectivity index (χ3v) is 4.31. The van der Waals surface area contributed by atoms with Crippen LogP contribution in [0.15, 0.2) is 54.6 Å². The zero-order chi connectivity index (χ0) is 17.6. The molecule has 2 amide bonds. The van der Waals surface area contributed by atoms with E-state index in [-0.39, 0.29) is 18.4 Å². The fourth-order valence-electron chi connectivity index (χ4n) is 2.99. The number of hydrogen-bond acceptors (Lipinski definition) is 3. The lowest BCUT2D eigenvalue weighted by atomic mass is 10.1. The highest BCUT2D eigenvalue weighted by Crippen LogP contribution is 2.33. The van der Waals surface area contributed by atoms with E-state index in [1.807, 2.05) is 36.4 Å². The fraction of sp³-hybridized carbons (Fsp3) is 0.300. The summed E-state index contributed by atoms with van der Waals surface area (Å²) >= 11 is 0. The first kappa shape index (κ1) is 17.0. The van der Waals surface area contributed by atoms with Crippen LogP contribution in [-0.4, -0.2) is 31.5 Å². The summed E-state index contributed by atoms with van der Waals surface area (Å²) < 4.78 is 5.73. The van der Waals surface area contributed by atoms with Gasteiger partial charge in [0.25, 0.3) is 5.91 Å². The van der Waals surface area contributed by atoms with Gasteiger partial charge in [0.1, 0.15) is 5.75 Å². The summed E-state index contributed by atoms with van der Waals surface area (Å²) in [5.41, 5.74) is 1.95. The topological polar surface area (TPSA) is 58.6 Å². The molecule has 0 saturated heterocycles. The minimum atomic E-state index is -0.682. The number of rotatable bonds is 5. The van der Waals surface area contributed by atoms with Crippen LogP contribution in [0.1, 0.15) is 18.4 Å². The van der Waals surface area contributed by atoms with Crippen molar-refractivity contribution in [3.8, 4) is 5.75 Å². The zero-order valence-corrected chi connectivity index (χ0v) is 14.3. The lowest BCUT2D eigenvalue weighted by Gasteiger charge is -2.34. The molecular weight excluding hydrogens is 316 g/mol. The van der Waals surface area contributed by atoms with Crippen LogP contribution in [-0.2, 0) is 16.0 Å². The van der Waals surface area contributed by atoms with Gasteiger partial charge in [0.05, 0.1) is 12.2 Å². The second kappa shape index (κ2) is 7.83. The SMILES string of the molecule is CNC(=O)[C@@H]1CN(C(=O)CCCc2ccccc2)c2ccccc2O1. The number of para-hydroxylation sites is 2. The number of carbonyl (C=O) groups is 2. The molecule has 0 aliphatic carbocycles. The number of nitrogens with one attached hydrogen (secondary N) is 1. The van der Waals surface area contributed by atoms with Crippen LogP contribution in [0, 0.1) is 0 Å². The Bertz CT molecular complexity index is 746. The molecule has 2 aromatic carbocycles. The molecule has 0 saturated carbocycles. The van der Waals surface area contributed by atoms with Crippen molar-refractivity contribution in [3.63, 3.8) is 0 Å². The van der Waals surface area contributed by atoms with Crippen molar-refractivity contribution in [1.29, 1.82) is 0 Å². The Balaban J connectivity index is 1.68. The Kier molecular flexibility index (Phi) is 5.33. The molecule has 1 heterocycles. The van der Waals surface area contributed by atoms with Gasteiger partial charge in [-0.3, -0.25) is 9.59 Å². The molecule has 2 aromatic rings. The van der Waals surface area contributed by atoms with Gasteiger partial charge < -0.3 is 15.0 Å². The lowest BCUT2D eigenvalue weighted by molar-refractivity contribution is -0.127. The monoisotopic (exact) mass is 338 g/mol. The average Bonchev–Trinajstić information content (AvgIpc) is 2.67. The molecule has 0 spiro atoms. The van der Waals surface area contributed by atoms with E-state index in [0.29, 0.717) is 12.2 Å². The Morgan fingerprint density at radius 1 is 1.12 bits per heavy atom. The Morgan fingerprint density at radius 2 is 1.84 bits per heavy atom. The maximum atomic E-state index is 12.7. The number of likely N-dealkylation sites (N-methyl/N-ethyl adjacent to an activating group) is 1. The van der Waals surface area contributed by atoms with Gasteiger partial charge in [0.2, 0.25) is 5.91 Å². The van der Waals surface area contributed by atoms with Crippen LogP contribution in [0.2, 0.25) is 0 Å². The van der Waals surface area contributed by atoms with E-state index in [1.54, 1.807) is 18.0 Å². The molecule has 1 aliphatic rings. The number of carbonyl (C=O) groups excluding carboxylic acids is 2. The third kappa shape index (κ3) is 3.99. The van der Waals surface area contributed by atoms with Gasteiger partial charge in [-0.15, -0.1) is 0 Å². The predicted molar refractivity (Wildman–Crippen MR) is 96.7 cm³/mol. The summed E-state index contributed by atoms with van der Waals surface area (Å²) in [4.78, 5) is 26.4. The minimum Gasteiger partial charge on any atom is -0.477 e. The molecule has 1 atom stereocenters. The van der Waals surface area contributed by atoms with Crippen LogP contribution in [0.25, 0.3) is 0 Å². The van der Waals surface area contributed by atoms with E-state index in [9.17, 15) is 9.59 Å². The molecule has 5 nitrogen and oxygen atoms in total. The highest BCUT2D eigenvalue weighted by atomic mass is 16.5. The van der Waals surface area contributed by atoms with Gasteiger partial charge in [-0.05, 0) is 30.5 Å². The molecule has 3 rings (SSSR count). The first-order chi connectivity index (χ1) is 12.2. The molecule has 130 valence electrons. The smallest absolute Gasteiger partial charge is 0.262 e. The summed E-state index contributed by atoms with van der Waals surface area (Å²) in [5.74, 6) is 0.357. The predicted octanol–water partition coefficient (Wildman–Crippen LogP) is 2.55. The van der Waals surface area contributed by atoms with Crippen molar-refractivity contribution in [2.24, 2.45) is 0 Å². The van der Waals surface area contributed by atoms with Crippen LogP contribution in [0.4, 0.5) is 5.69 Å². The van der Waals surface area contributed by atoms with Crippen molar-refractivity contribution in [1.82, 2.24) is 5.32 Å². The minimum absolute atomic E-state index is 0.0144. The summed E-state index contributed by atoms with van der Waals surface area (Å²) in [7, 11) is 1.57. The molecule has 0 aromatic heterocycles. The summed E-state index contributed by atoms with van der Waals surface area (Å²) in [6.07, 6.45) is 1.38. The molecule has 25 heavy (non-hydrogen) atoms. The van der Waals surface area contributed by atoms with Gasteiger partial charge in [0, 0.05) is 13.5 Å². The summed E-state index contributed by atoms with van der Waals surface area (Å²) in [6.45, 7) is 0.237. The van der Waals surface area contributed by atoms with Crippen molar-refractivity contribution in [2.45, 2.75) is 25.4 Å². The van der Waals surface area contributed by atoms with E-state index >= 15 is 0 Å². The van der Waals surface area contributed by atoms with Crippen LogP contribution < -0.4 is 15.0 Å². The molecule has 0 bridgehead atoms. The van der Waals surface area contributed by atoms with Gasteiger partial charge in [-0.1, -0.05) is 42.5 Å². The average molecular weight is 338 g/mol. The molecular formula is C20H22N2O3. The highest BCUT2D eigenvalue weighted by molar-refractivity contribution is 5.97. The van der Waals surface area contributed by atoms with Crippen molar-refractivity contribution >= 4 is 17.5 Å². The van der Waals surface area contributed by atoms with Crippen molar-refractivity contribution < 1.29 is 14.3 Å². The molecule has 0 radical (unpaired) electrons. The number of nitrogens with zero attached hydrogens (tertiary/aromatic N) is 1. The van der Waals surface area contributed by atoms with E-state index in [1.165, 1.54) is 5.56 Å². The van der Waals surface area contributed by atoms with Crippen molar-refractivity contribution in [3.05, 3.63) is 60.2 Å². The van der Waals surface area contributed by atoms with Gasteiger partial charge in [-0.2, -0.15) is 0 Å². The third-order valence-electron chi connectivity index (χ3n) is 4.31. The Hall–Kier alpha value is -2.82. The van der Waals surface area contributed by atoms with Gasteiger partial charge in [-0.25, -0.2) is 0 Å². The number of ether oxygens (including phenoxy) is 1. The lowest BCUT2D eigenvalue weighted by Crippen LogP contribution is -2.50. The quantitative estimate of drug-likeness (QED) is 0.911. The van der Waals surface area contributed by atoms with Crippen LogP contribution in [0.3, 0.4) is 0 Å². The molecule has 0 unspecified atom stereocenters. The number of hydrogen-bond donors (Lipinski definition) is 1. The molecule has 1 N–H and O–H groups in total. The second-order valence-electron chi connectivity index (χ2n) is 6.03. The van der Waals surface area contributed by atoms with Gasteiger partial charge >= 0.3 is 0 Å². The Morgan fingerprint density at radius 3 is 2.60 bits per heavy atom. The summed E-state index contributed by atoms with van der Waals surface area (Å²) in [6, 6.07) is 17.5. The van der Waals surface area contributed by atoms with E-state index in [2.05, 4.69) is 17.4 Å². The van der Waals surface area contributed by atoms with E-state index in [0.717, 1.165) is 18.5 Å². The molecule has 0 fully saturated rings. The molecule has 1 aliphatic heterocycles. The maximum absolute atomic E-state index is 12.7. The first-order valence-corrected chi connectivity index (χ1v) is 8.50. The highest BCUT2D eigenvalue weighted by Gasteiger charge is 2.32. The number of fused-ring (bicyclic) bond motifs is 1. The fourth-order valence-corrected chi connectivity index (χ4v) is 2.99.